The minimum atomic E-state index is 0.462. The van der Waals surface area contributed by atoms with Crippen molar-refractivity contribution in [1.29, 1.82) is 0 Å². The van der Waals surface area contributed by atoms with Gasteiger partial charge in [-0.2, -0.15) is 5.10 Å². The Kier molecular flexibility index (Phi) is 3.24. The van der Waals surface area contributed by atoms with E-state index in [0.29, 0.717) is 18.5 Å². The zero-order valence-electron chi connectivity index (χ0n) is 11.6. The third kappa shape index (κ3) is 2.35. The van der Waals surface area contributed by atoms with Crippen LogP contribution in [0.3, 0.4) is 0 Å². The summed E-state index contributed by atoms with van der Waals surface area (Å²) >= 11 is 0. The average molecular weight is 259 g/mol. The molecule has 0 spiro atoms. The number of nitrogens with two attached hydrogens (primary N) is 1. The molecule has 1 fully saturated rings. The monoisotopic (exact) mass is 259 g/mol. The maximum atomic E-state index is 5.65. The number of hydrogen-bond donors (Lipinski definition) is 1. The first-order chi connectivity index (χ1) is 9.17. The molecule has 3 rings (SSSR count). The molecule has 0 radical (unpaired) electrons. The lowest BCUT2D eigenvalue weighted by Crippen LogP contribution is -2.28. The summed E-state index contributed by atoms with van der Waals surface area (Å²) < 4.78 is 1.86. The molecule has 0 aromatic carbocycles. The summed E-state index contributed by atoms with van der Waals surface area (Å²) in [5.41, 5.74) is 7.65. The Morgan fingerprint density at radius 3 is 2.95 bits per heavy atom. The Balaban J connectivity index is 1.86. The van der Waals surface area contributed by atoms with E-state index < -0.39 is 0 Å². The lowest BCUT2D eigenvalue weighted by Gasteiger charge is -2.19. The van der Waals surface area contributed by atoms with Crippen LogP contribution < -0.4 is 5.73 Å². The van der Waals surface area contributed by atoms with Crippen LogP contribution in [0, 0.1) is 0 Å². The van der Waals surface area contributed by atoms with Gasteiger partial charge in [-0.25, -0.2) is 9.50 Å². The number of nitrogens with zero attached hydrogens (tertiary/aromatic N) is 4. The van der Waals surface area contributed by atoms with Gasteiger partial charge >= 0.3 is 0 Å². The number of pyridine rings is 1. The van der Waals surface area contributed by atoms with Gasteiger partial charge < -0.3 is 10.6 Å². The number of fused-ring (bicyclic) bond motifs is 1. The minimum absolute atomic E-state index is 0.462. The molecule has 19 heavy (non-hydrogen) atoms. The van der Waals surface area contributed by atoms with E-state index in [4.69, 9.17) is 5.73 Å². The summed E-state index contributed by atoms with van der Waals surface area (Å²) in [6, 6.07) is 4.61. The molecule has 1 saturated heterocycles. The molecule has 2 N–H and O–H groups in total. The molecule has 0 aliphatic carbocycles. The first kappa shape index (κ1) is 12.6. The Morgan fingerprint density at radius 1 is 1.42 bits per heavy atom. The van der Waals surface area contributed by atoms with Gasteiger partial charge in [0.2, 0.25) is 0 Å². The molecule has 1 aliphatic heterocycles. The SMILES string of the molecule is CC(C)N1CCC(c2nc3ccc(CN)cn3n2)C1. The maximum absolute atomic E-state index is 5.65. The standard InChI is InChI=1S/C14H21N5/c1-10(2)18-6-5-12(9-18)14-16-13-4-3-11(7-15)8-19(13)17-14/h3-4,8,10,12H,5-7,9,15H2,1-2H3. The summed E-state index contributed by atoms with van der Waals surface area (Å²) in [7, 11) is 0. The van der Waals surface area contributed by atoms with Crippen LogP contribution in [-0.2, 0) is 6.54 Å². The van der Waals surface area contributed by atoms with Crippen molar-refractivity contribution in [2.75, 3.05) is 13.1 Å². The lowest BCUT2D eigenvalue weighted by atomic mass is 10.1. The third-order valence-electron chi connectivity index (χ3n) is 3.96. The molecular formula is C14H21N5. The molecule has 1 unspecified atom stereocenters. The molecule has 2 aromatic rings. The van der Waals surface area contributed by atoms with Gasteiger partial charge in [0.05, 0.1) is 0 Å². The molecule has 102 valence electrons. The van der Waals surface area contributed by atoms with E-state index in [-0.39, 0.29) is 0 Å². The Hall–Kier alpha value is -1.46. The Labute approximate surface area is 113 Å². The van der Waals surface area contributed by atoms with E-state index in [2.05, 4.69) is 28.8 Å². The van der Waals surface area contributed by atoms with Gasteiger partial charge in [-0.05, 0) is 38.4 Å². The number of hydrogen-bond acceptors (Lipinski definition) is 4. The zero-order chi connectivity index (χ0) is 13.4. The first-order valence-corrected chi connectivity index (χ1v) is 6.96. The van der Waals surface area contributed by atoms with Crippen LogP contribution in [0.5, 0.6) is 0 Å². The molecule has 3 heterocycles. The van der Waals surface area contributed by atoms with Gasteiger partial charge in [-0.1, -0.05) is 6.07 Å². The van der Waals surface area contributed by atoms with Gasteiger partial charge in [-0.3, -0.25) is 0 Å². The van der Waals surface area contributed by atoms with Gasteiger partial charge in [0.25, 0.3) is 0 Å². The number of rotatable bonds is 3. The van der Waals surface area contributed by atoms with E-state index in [0.717, 1.165) is 36.5 Å². The fourth-order valence-corrected chi connectivity index (χ4v) is 2.70. The highest BCUT2D eigenvalue weighted by atomic mass is 15.3. The predicted molar refractivity (Wildman–Crippen MR) is 74.9 cm³/mol. The largest absolute Gasteiger partial charge is 0.326 e. The average Bonchev–Trinajstić information content (AvgIpc) is 3.04. The van der Waals surface area contributed by atoms with E-state index in [1.165, 1.54) is 0 Å². The quantitative estimate of drug-likeness (QED) is 0.905. The summed E-state index contributed by atoms with van der Waals surface area (Å²) in [5.74, 6) is 1.43. The number of aromatic nitrogens is 3. The third-order valence-corrected chi connectivity index (χ3v) is 3.96. The highest BCUT2D eigenvalue weighted by molar-refractivity contribution is 5.39. The second-order valence-electron chi connectivity index (χ2n) is 5.59. The number of likely N-dealkylation sites (tertiary alicyclic amines) is 1. The van der Waals surface area contributed by atoms with Crippen molar-refractivity contribution in [3.63, 3.8) is 0 Å². The van der Waals surface area contributed by atoms with Gasteiger partial charge in [0, 0.05) is 31.2 Å². The fraction of sp³-hybridized carbons (Fsp3) is 0.571. The van der Waals surface area contributed by atoms with E-state index in [1.807, 2.05) is 22.8 Å². The fourth-order valence-electron chi connectivity index (χ4n) is 2.70. The second-order valence-corrected chi connectivity index (χ2v) is 5.59. The molecule has 0 bridgehead atoms. The van der Waals surface area contributed by atoms with Crippen molar-refractivity contribution in [2.24, 2.45) is 5.73 Å². The van der Waals surface area contributed by atoms with Crippen LogP contribution >= 0.6 is 0 Å². The normalized spacial score (nSPS) is 20.7. The zero-order valence-corrected chi connectivity index (χ0v) is 11.6. The highest BCUT2D eigenvalue weighted by Gasteiger charge is 2.28. The van der Waals surface area contributed by atoms with Crippen molar-refractivity contribution >= 4 is 5.65 Å². The van der Waals surface area contributed by atoms with Gasteiger partial charge in [-0.15, -0.1) is 0 Å². The summed E-state index contributed by atoms with van der Waals surface area (Å²) in [4.78, 5) is 7.14. The molecule has 0 saturated carbocycles. The van der Waals surface area contributed by atoms with Crippen molar-refractivity contribution in [1.82, 2.24) is 19.5 Å². The van der Waals surface area contributed by atoms with Crippen LogP contribution in [0.4, 0.5) is 0 Å². The summed E-state index contributed by atoms with van der Waals surface area (Å²) in [6.07, 6.45) is 3.12. The van der Waals surface area contributed by atoms with Gasteiger partial charge in [0.1, 0.15) is 0 Å². The highest BCUT2D eigenvalue weighted by Crippen LogP contribution is 2.26. The smallest absolute Gasteiger partial charge is 0.156 e. The molecule has 1 aliphatic rings. The van der Waals surface area contributed by atoms with Crippen LogP contribution in [0.2, 0.25) is 0 Å². The summed E-state index contributed by atoms with van der Waals surface area (Å²) in [6.45, 7) is 7.24. The van der Waals surface area contributed by atoms with Crippen LogP contribution in [0.25, 0.3) is 5.65 Å². The predicted octanol–water partition coefficient (Wildman–Crippen LogP) is 1.39. The van der Waals surface area contributed by atoms with Crippen LogP contribution in [0.15, 0.2) is 18.3 Å². The van der Waals surface area contributed by atoms with Crippen molar-refractivity contribution in [3.05, 3.63) is 29.7 Å². The Bertz CT molecular complexity index is 574. The maximum Gasteiger partial charge on any atom is 0.156 e. The molecule has 5 heteroatoms. The summed E-state index contributed by atoms with van der Waals surface area (Å²) in [5, 5.41) is 4.62. The minimum Gasteiger partial charge on any atom is -0.326 e. The van der Waals surface area contributed by atoms with E-state index in [9.17, 15) is 0 Å². The topological polar surface area (TPSA) is 59.5 Å². The molecule has 0 amide bonds. The van der Waals surface area contributed by atoms with E-state index >= 15 is 0 Å². The lowest BCUT2D eigenvalue weighted by molar-refractivity contribution is 0.272. The van der Waals surface area contributed by atoms with E-state index in [1.54, 1.807) is 0 Å². The second kappa shape index (κ2) is 4.90. The van der Waals surface area contributed by atoms with Crippen molar-refractivity contribution < 1.29 is 0 Å². The van der Waals surface area contributed by atoms with Crippen molar-refractivity contribution in [2.45, 2.75) is 38.8 Å². The van der Waals surface area contributed by atoms with Crippen LogP contribution in [0.1, 0.15) is 37.6 Å². The van der Waals surface area contributed by atoms with Crippen LogP contribution in [-0.4, -0.2) is 38.6 Å². The molecule has 5 nitrogen and oxygen atoms in total. The first-order valence-electron chi connectivity index (χ1n) is 6.96. The van der Waals surface area contributed by atoms with Gasteiger partial charge in [0.15, 0.2) is 11.5 Å². The van der Waals surface area contributed by atoms with Crippen molar-refractivity contribution in [3.8, 4) is 0 Å². The Morgan fingerprint density at radius 2 is 2.26 bits per heavy atom. The molecule has 1 atom stereocenters. The molecular weight excluding hydrogens is 238 g/mol. The molecule has 2 aromatic heterocycles.